The number of rotatable bonds is 14. The van der Waals surface area contributed by atoms with Gasteiger partial charge in [-0.05, 0) is 27.7 Å². The van der Waals surface area contributed by atoms with Crippen LogP contribution in [0.1, 0.15) is 27.7 Å². The molecule has 2 aromatic heterocycles. The van der Waals surface area contributed by atoms with Crippen molar-refractivity contribution >= 4 is 30.8 Å². The van der Waals surface area contributed by atoms with Gasteiger partial charge in [-0.3, -0.25) is 18.7 Å². The summed E-state index contributed by atoms with van der Waals surface area (Å²) in [5.74, 6) is -0.364. The number of imidazole rings is 1. The predicted octanol–water partition coefficient (Wildman–Crippen LogP) is 0.297. The molecule has 0 aliphatic carbocycles. The van der Waals surface area contributed by atoms with E-state index in [9.17, 15) is 14.5 Å². The molecule has 2 saturated heterocycles. The van der Waals surface area contributed by atoms with E-state index in [1.165, 1.54) is 13.3 Å². The van der Waals surface area contributed by atoms with E-state index in [1.54, 1.807) is 18.4 Å². The normalized spacial score (nSPS) is 25.7. The largest absolute Gasteiger partial charge is 0.476 e. The molecule has 0 radical (unpaired) electrons. The van der Waals surface area contributed by atoms with E-state index in [1.807, 2.05) is 6.92 Å². The van der Waals surface area contributed by atoms with Crippen LogP contribution < -0.4 is 15.6 Å². The summed E-state index contributed by atoms with van der Waals surface area (Å²) in [7, 11) is -4.03. The molecule has 4 heterocycles. The van der Waals surface area contributed by atoms with E-state index in [0.717, 1.165) is 13.1 Å². The van der Waals surface area contributed by atoms with Crippen molar-refractivity contribution < 1.29 is 42.5 Å². The Morgan fingerprint density at radius 3 is 2.76 bits per heavy atom. The van der Waals surface area contributed by atoms with Crippen LogP contribution in [0.5, 0.6) is 5.88 Å². The molecule has 2 aromatic rings. The molecule has 5 atom stereocenters. The maximum atomic E-state index is 13.7. The van der Waals surface area contributed by atoms with Gasteiger partial charge in [0.2, 0.25) is 11.8 Å². The number of aromatic nitrogens is 4. The number of morpholine rings is 1. The third-order valence-corrected chi connectivity index (χ3v) is 8.68. The Bertz CT molecular complexity index is 1230. The van der Waals surface area contributed by atoms with Gasteiger partial charge in [0, 0.05) is 19.6 Å². The highest BCUT2D eigenvalue weighted by Gasteiger charge is 2.49. The molecule has 2 fully saturated rings. The Kier molecular flexibility index (Phi) is 10.5. The van der Waals surface area contributed by atoms with Crippen molar-refractivity contribution in [1.29, 1.82) is 0 Å². The van der Waals surface area contributed by atoms with Crippen LogP contribution in [-0.4, -0.2) is 120 Å². The van der Waals surface area contributed by atoms with E-state index in [-0.39, 0.29) is 38.3 Å². The SMILES string of the molecule is CCOC(=O)C(C)NP(=O)(OCCN1CCOCC1)OCC1OCC(C)(n2cnc3c(OCC)nc(N)nc32)C1O. The number of esters is 1. The molecule has 0 saturated carbocycles. The molecule has 2 aliphatic heterocycles. The van der Waals surface area contributed by atoms with Gasteiger partial charge in [-0.2, -0.15) is 9.97 Å². The number of carbonyl (C=O) groups excluding carboxylic acids is 1. The molecule has 0 spiro atoms. The first-order valence-electron chi connectivity index (χ1n) is 13.7. The Labute approximate surface area is 238 Å². The van der Waals surface area contributed by atoms with Crippen LogP contribution in [0.15, 0.2) is 6.33 Å². The zero-order chi connectivity index (χ0) is 29.6. The Morgan fingerprint density at radius 2 is 2.05 bits per heavy atom. The molecule has 4 rings (SSSR count). The molecule has 4 N–H and O–H groups in total. The van der Waals surface area contributed by atoms with E-state index in [0.29, 0.717) is 37.5 Å². The number of nitrogens with two attached hydrogens (primary N) is 1. The van der Waals surface area contributed by atoms with Gasteiger partial charge in [-0.1, -0.05) is 0 Å². The van der Waals surface area contributed by atoms with Gasteiger partial charge in [0.05, 0.1) is 58.1 Å². The van der Waals surface area contributed by atoms with Gasteiger partial charge in [0.25, 0.3) is 0 Å². The van der Waals surface area contributed by atoms with Gasteiger partial charge in [-0.15, -0.1) is 0 Å². The quantitative estimate of drug-likeness (QED) is 0.197. The standard InChI is InChI=1S/C24H40N7O9P/c1-5-36-21-18-20(27-23(25)28-21)31(15-26-18)24(4)14-38-17(19(24)32)13-40-41(34,29-16(3)22(33)37-6-2)39-12-9-30-7-10-35-11-8-30/h15-17,19,32H,5-14H2,1-4H3,(H,29,34)(H2,25,27,28). The molecule has 41 heavy (non-hydrogen) atoms. The zero-order valence-electron chi connectivity index (χ0n) is 23.9. The molecular weight excluding hydrogens is 561 g/mol. The van der Waals surface area contributed by atoms with Crippen LogP contribution in [0.25, 0.3) is 11.2 Å². The van der Waals surface area contributed by atoms with Crippen LogP contribution in [-0.2, 0) is 38.2 Å². The third kappa shape index (κ3) is 7.32. The van der Waals surface area contributed by atoms with Crippen molar-refractivity contribution in [1.82, 2.24) is 29.5 Å². The number of hydrogen-bond acceptors (Lipinski definition) is 14. The molecule has 5 unspecified atom stereocenters. The van der Waals surface area contributed by atoms with E-state index >= 15 is 0 Å². The number of nitrogen functional groups attached to an aromatic ring is 1. The minimum absolute atomic E-state index is 0.00320. The summed E-state index contributed by atoms with van der Waals surface area (Å²) >= 11 is 0. The maximum Gasteiger partial charge on any atom is 0.406 e. The highest BCUT2D eigenvalue weighted by Crippen LogP contribution is 2.46. The van der Waals surface area contributed by atoms with Gasteiger partial charge < -0.3 is 34.4 Å². The van der Waals surface area contributed by atoms with Crippen molar-refractivity contribution in [3.63, 3.8) is 0 Å². The van der Waals surface area contributed by atoms with E-state index in [2.05, 4.69) is 24.9 Å². The molecule has 2 aliphatic rings. The first-order chi connectivity index (χ1) is 19.6. The van der Waals surface area contributed by atoms with Crippen molar-refractivity contribution in [2.45, 2.75) is 51.5 Å². The number of aliphatic hydroxyl groups is 1. The predicted molar refractivity (Wildman–Crippen MR) is 146 cm³/mol. The average Bonchev–Trinajstić information content (AvgIpc) is 3.50. The molecule has 0 bridgehead atoms. The first kappa shape index (κ1) is 31.5. The third-order valence-electron chi connectivity index (χ3n) is 6.96. The molecule has 0 aromatic carbocycles. The van der Waals surface area contributed by atoms with Gasteiger partial charge >= 0.3 is 13.7 Å². The monoisotopic (exact) mass is 601 g/mol. The second-order valence-corrected chi connectivity index (χ2v) is 11.7. The molecule has 0 amide bonds. The van der Waals surface area contributed by atoms with E-state index in [4.69, 9.17) is 33.7 Å². The average molecular weight is 602 g/mol. The number of ether oxygens (including phenoxy) is 4. The van der Waals surface area contributed by atoms with Crippen molar-refractivity contribution in [3.05, 3.63) is 6.33 Å². The molecule has 17 heteroatoms. The maximum absolute atomic E-state index is 13.7. The van der Waals surface area contributed by atoms with Crippen molar-refractivity contribution in [2.24, 2.45) is 0 Å². The molecular formula is C24H40N7O9P. The second-order valence-electron chi connectivity index (χ2n) is 9.94. The van der Waals surface area contributed by atoms with Crippen LogP contribution in [0.4, 0.5) is 5.95 Å². The molecule has 16 nitrogen and oxygen atoms in total. The lowest BCUT2D eigenvalue weighted by atomic mass is 9.94. The molecule has 230 valence electrons. The van der Waals surface area contributed by atoms with Crippen LogP contribution >= 0.6 is 7.75 Å². The first-order valence-corrected chi connectivity index (χ1v) is 15.2. The number of fused-ring (bicyclic) bond motifs is 1. The van der Waals surface area contributed by atoms with Gasteiger partial charge in [0.15, 0.2) is 11.2 Å². The van der Waals surface area contributed by atoms with Gasteiger partial charge in [0.1, 0.15) is 18.2 Å². The summed E-state index contributed by atoms with van der Waals surface area (Å²) in [6.07, 6.45) is -0.505. The highest BCUT2D eigenvalue weighted by molar-refractivity contribution is 7.51. The van der Waals surface area contributed by atoms with E-state index < -0.39 is 37.5 Å². The summed E-state index contributed by atoms with van der Waals surface area (Å²) in [5, 5.41) is 14.0. The summed E-state index contributed by atoms with van der Waals surface area (Å²) in [6, 6.07) is -0.967. The summed E-state index contributed by atoms with van der Waals surface area (Å²) in [5.41, 5.74) is 5.63. The van der Waals surface area contributed by atoms with Crippen LogP contribution in [0.3, 0.4) is 0 Å². The summed E-state index contributed by atoms with van der Waals surface area (Å²) < 4.78 is 48.7. The zero-order valence-corrected chi connectivity index (χ0v) is 24.7. The lowest BCUT2D eigenvalue weighted by molar-refractivity contribution is -0.144. The summed E-state index contributed by atoms with van der Waals surface area (Å²) in [4.78, 5) is 27.1. The Balaban J connectivity index is 1.46. The lowest BCUT2D eigenvalue weighted by Gasteiger charge is -2.30. The summed E-state index contributed by atoms with van der Waals surface area (Å²) in [6.45, 7) is 10.3. The number of anilines is 1. The fourth-order valence-corrected chi connectivity index (χ4v) is 6.13. The number of nitrogens with one attached hydrogen (secondary N) is 1. The van der Waals surface area contributed by atoms with Crippen LogP contribution in [0.2, 0.25) is 0 Å². The van der Waals surface area contributed by atoms with Crippen molar-refractivity contribution in [2.75, 3.05) is 71.6 Å². The smallest absolute Gasteiger partial charge is 0.406 e. The highest BCUT2D eigenvalue weighted by atomic mass is 31.2. The van der Waals surface area contributed by atoms with Gasteiger partial charge in [-0.25, -0.2) is 14.6 Å². The number of carbonyl (C=O) groups is 1. The van der Waals surface area contributed by atoms with Crippen LogP contribution in [0, 0.1) is 0 Å². The number of nitrogens with zero attached hydrogens (tertiary/aromatic N) is 5. The Hall–Kier alpha value is -2.43. The second kappa shape index (κ2) is 13.7. The van der Waals surface area contributed by atoms with Crippen molar-refractivity contribution in [3.8, 4) is 5.88 Å². The fourth-order valence-electron chi connectivity index (χ4n) is 4.66. The minimum atomic E-state index is -4.03. The minimum Gasteiger partial charge on any atom is -0.476 e. The lowest BCUT2D eigenvalue weighted by Crippen LogP contribution is -2.45. The number of aliphatic hydroxyl groups excluding tert-OH is 1. The number of hydrogen-bond donors (Lipinski definition) is 3. The Morgan fingerprint density at radius 1 is 1.29 bits per heavy atom. The fraction of sp³-hybridized carbons (Fsp3) is 0.750. The topological polar surface area (TPSA) is 195 Å².